The molecule has 1 heterocycles. The quantitative estimate of drug-likeness (QED) is 0.415. The third-order valence-electron chi connectivity index (χ3n) is 3.42. The molecule has 0 saturated heterocycles. The lowest BCUT2D eigenvalue weighted by atomic mass is 10.2. The summed E-state index contributed by atoms with van der Waals surface area (Å²) in [6, 6.07) is 15.3. The van der Waals surface area contributed by atoms with Gasteiger partial charge in [-0.3, -0.25) is 14.9 Å². The number of amides is 1. The van der Waals surface area contributed by atoms with Gasteiger partial charge in [0, 0.05) is 22.6 Å². The van der Waals surface area contributed by atoms with E-state index in [1.54, 1.807) is 30.3 Å². The third-order valence-corrected chi connectivity index (χ3v) is 4.55. The van der Waals surface area contributed by atoms with Crippen LogP contribution in [0.2, 0.25) is 0 Å². The van der Waals surface area contributed by atoms with Crippen LogP contribution < -0.4 is 5.43 Å². The van der Waals surface area contributed by atoms with Crippen LogP contribution in [0.15, 0.2) is 65.8 Å². The van der Waals surface area contributed by atoms with E-state index in [0.29, 0.717) is 10.4 Å². The SMILES string of the molecule is O=C(N/N=C\c1cccc([N+](=O)[O-])c1)c1ccc(-c2ccc(F)cc2)s1. The summed E-state index contributed by atoms with van der Waals surface area (Å²) in [5.41, 5.74) is 3.64. The number of non-ortho nitro benzene ring substituents is 1. The van der Waals surface area contributed by atoms with Crippen molar-refractivity contribution in [2.75, 3.05) is 0 Å². The summed E-state index contributed by atoms with van der Waals surface area (Å²) in [6.45, 7) is 0. The lowest BCUT2D eigenvalue weighted by molar-refractivity contribution is -0.384. The van der Waals surface area contributed by atoms with Crippen molar-refractivity contribution in [3.8, 4) is 10.4 Å². The lowest BCUT2D eigenvalue weighted by Crippen LogP contribution is -2.16. The standard InChI is InChI=1S/C18H12FN3O3S/c19-14-6-4-13(5-7-14)16-8-9-17(26-16)18(23)21-20-11-12-2-1-3-15(10-12)22(24)25/h1-11H,(H,21,23)/b20-11-. The number of hydrazone groups is 1. The Hall–Kier alpha value is -3.39. The van der Waals surface area contributed by atoms with Crippen molar-refractivity contribution < 1.29 is 14.1 Å². The second-order valence-electron chi connectivity index (χ2n) is 5.22. The first-order valence-electron chi connectivity index (χ1n) is 7.46. The number of carbonyl (C=O) groups excluding carboxylic acids is 1. The first kappa shape index (κ1) is 17.4. The Labute approximate surface area is 151 Å². The topological polar surface area (TPSA) is 84.6 Å². The first-order valence-corrected chi connectivity index (χ1v) is 8.28. The Balaban J connectivity index is 1.66. The fourth-order valence-corrected chi connectivity index (χ4v) is 3.07. The largest absolute Gasteiger partial charge is 0.281 e. The normalized spacial score (nSPS) is 10.8. The first-order chi connectivity index (χ1) is 12.5. The van der Waals surface area contributed by atoms with Gasteiger partial charge in [-0.05, 0) is 29.8 Å². The predicted molar refractivity (Wildman–Crippen MR) is 97.9 cm³/mol. The summed E-state index contributed by atoms with van der Waals surface area (Å²) in [6.07, 6.45) is 1.33. The molecule has 0 aliphatic heterocycles. The summed E-state index contributed by atoms with van der Waals surface area (Å²) < 4.78 is 13.0. The number of nitrogens with zero attached hydrogens (tertiary/aromatic N) is 2. The number of carbonyl (C=O) groups is 1. The Morgan fingerprint density at radius 2 is 1.92 bits per heavy atom. The van der Waals surface area contributed by atoms with E-state index < -0.39 is 10.8 Å². The Kier molecular flexibility index (Phi) is 5.14. The molecule has 1 amide bonds. The molecule has 0 aliphatic carbocycles. The summed E-state index contributed by atoms with van der Waals surface area (Å²) >= 11 is 1.25. The average molecular weight is 369 g/mol. The molecule has 0 aliphatic rings. The number of benzene rings is 2. The van der Waals surface area contributed by atoms with Crippen molar-refractivity contribution in [1.82, 2.24) is 5.43 Å². The second kappa shape index (κ2) is 7.66. The molecule has 8 heteroatoms. The van der Waals surface area contributed by atoms with Gasteiger partial charge in [-0.25, -0.2) is 9.82 Å². The molecule has 3 aromatic rings. The molecule has 0 bridgehead atoms. The van der Waals surface area contributed by atoms with E-state index in [1.807, 2.05) is 0 Å². The Bertz CT molecular complexity index is 983. The summed E-state index contributed by atoms with van der Waals surface area (Å²) in [7, 11) is 0. The number of thiophene rings is 1. The van der Waals surface area contributed by atoms with Gasteiger partial charge in [0.15, 0.2) is 0 Å². The molecular weight excluding hydrogens is 357 g/mol. The number of nitrogens with one attached hydrogen (secondary N) is 1. The van der Waals surface area contributed by atoms with Crippen LogP contribution in [0.25, 0.3) is 10.4 Å². The minimum Gasteiger partial charge on any atom is -0.266 e. The molecule has 26 heavy (non-hydrogen) atoms. The zero-order chi connectivity index (χ0) is 18.5. The molecule has 0 unspecified atom stereocenters. The van der Waals surface area contributed by atoms with E-state index in [9.17, 15) is 19.3 Å². The predicted octanol–water partition coefficient (Wildman–Crippen LogP) is 4.23. The number of hydrogen-bond acceptors (Lipinski definition) is 5. The zero-order valence-corrected chi connectivity index (χ0v) is 14.1. The molecule has 130 valence electrons. The summed E-state index contributed by atoms with van der Waals surface area (Å²) in [5.74, 6) is -0.719. The molecule has 0 radical (unpaired) electrons. The van der Waals surface area contributed by atoms with E-state index in [1.165, 1.54) is 47.9 Å². The molecule has 1 N–H and O–H groups in total. The monoisotopic (exact) mass is 369 g/mol. The van der Waals surface area contributed by atoms with Crippen molar-refractivity contribution in [2.24, 2.45) is 5.10 Å². The van der Waals surface area contributed by atoms with Crippen molar-refractivity contribution in [3.05, 3.63) is 87.0 Å². The lowest BCUT2D eigenvalue weighted by Gasteiger charge is -1.98. The molecule has 3 rings (SSSR count). The molecule has 0 atom stereocenters. The highest BCUT2D eigenvalue weighted by atomic mass is 32.1. The third kappa shape index (κ3) is 4.17. The fraction of sp³-hybridized carbons (Fsp3) is 0. The maximum absolute atomic E-state index is 13.0. The van der Waals surface area contributed by atoms with Crippen LogP contribution in [0.3, 0.4) is 0 Å². The van der Waals surface area contributed by atoms with Gasteiger partial charge < -0.3 is 0 Å². The minimum atomic E-state index is -0.501. The van der Waals surface area contributed by atoms with Gasteiger partial charge in [0.2, 0.25) is 0 Å². The van der Waals surface area contributed by atoms with Crippen LogP contribution in [0.1, 0.15) is 15.2 Å². The van der Waals surface area contributed by atoms with Gasteiger partial charge in [-0.2, -0.15) is 5.10 Å². The van der Waals surface area contributed by atoms with Crippen LogP contribution >= 0.6 is 11.3 Å². The van der Waals surface area contributed by atoms with Gasteiger partial charge >= 0.3 is 0 Å². The van der Waals surface area contributed by atoms with Crippen LogP contribution in [0.5, 0.6) is 0 Å². The molecular formula is C18H12FN3O3S. The highest BCUT2D eigenvalue weighted by Crippen LogP contribution is 2.28. The van der Waals surface area contributed by atoms with Gasteiger partial charge in [0.25, 0.3) is 11.6 Å². The molecule has 6 nitrogen and oxygen atoms in total. The van der Waals surface area contributed by atoms with E-state index >= 15 is 0 Å². The number of hydrogen-bond donors (Lipinski definition) is 1. The smallest absolute Gasteiger partial charge is 0.266 e. The van der Waals surface area contributed by atoms with Gasteiger partial charge in [-0.1, -0.05) is 24.3 Å². The van der Waals surface area contributed by atoms with E-state index in [0.717, 1.165) is 10.4 Å². The van der Waals surface area contributed by atoms with Gasteiger partial charge in [0.1, 0.15) is 5.82 Å². The minimum absolute atomic E-state index is 0.0533. The summed E-state index contributed by atoms with van der Waals surface area (Å²) in [4.78, 5) is 23.6. The van der Waals surface area contributed by atoms with E-state index in [-0.39, 0.29) is 11.5 Å². The maximum Gasteiger partial charge on any atom is 0.281 e. The highest BCUT2D eigenvalue weighted by molar-refractivity contribution is 7.17. The van der Waals surface area contributed by atoms with Crippen molar-refractivity contribution in [3.63, 3.8) is 0 Å². The second-order valence-corrected chi connectivity index (χ2v) is 6.31. The van der Waals surface area contributed by atoms with Crippen LogP contribution in [0, 0.1) is 15.9 Å². The van der Waals surface area contributed by atoms with Crippen molar-refractivity contribution in [1.29, 1.82) is 0 Å². The van der Waals surface area contributed by atoms with Crippen LogP contribution in [0.4, 0.5) is 10.1 Å². The number of halogens is 1. The van der Waals surface area contributed by atoms with E-state index in [2.05, 4.69) is 10.5 Å². The van der Waals surface area contributed by atoms with Crippen molar-refractivity contribution >= 4 is 29.1 Å². The number of rotatable bonds is 5. The molecule has 1 aromatic heterocycles. The molecule has 0 fully saturated rings. The zero-order valence-electron chi connectivity index (χ0n) is 13.3. The van der Waals surface area contributed by atoms with Crippen LogP contribution in [-0.2, 0) is 0 Å². The number of nitro groups is 1. The number of nitro benzene ring substituents is 1. The highest BCUT2D eigenvalue weighted by Gasteiger charge is 2.10. The maximum atomic E-state index is 13.0. The van der Waals surface area contributed by atoms with Crippen molar-refractivity contribution in [2.45, 2.75) is 0 Å². The van der Waals surface area contributed by atoms with Gasteiger partial charge in [0.05, 0.1) is 16.0 Å². The van der Waals surface area contributed by atoms with E-state index in [4.69, 9.17) is 0 Å². The molecule has 0 saturated carbocycles. The van der Waals surface area contributed by atoms with Gasteiger partial charge in [-0.15, -0.1) is 11.3 Å². The Morgan fingerprint density at radius 1 is 1.15 bits per heavy atom. The average Bonchev–Trinajstić information content (AvgIpc) is 3.13. The Morgan fingerprint density at radius 3 is 2.65 bits per heavy atom. The fourth-order valence-electron chi connectivity index (χ4n) is 2.17. The summed E-state index contributed by atoms with van der Waals surface area (Å²) in [5, 5.41) is 14.6. The van der Waals surface area contributed by atoms with Crippen LogP contribution in [-0.4, -0.2) is 17.0 Å². The molecule has 0 spiro atoms. The molecule has 2 aromatic carbocycles.